The Labute approximate surface area is 100 Å². The molecule has 1 aromatic rings. The molecular formula is C12H17N3O2. The molecule has 0 aliphatic heterocycles. The Kier molecular flexibility index (Phi) is 3.90. The number of rotatable bonds is 5. The first kappa shape index (κ1) is 11.8. The van der Waals surface area contributed by atoms with Crippen LogP contribution in [-0.4, -0.2) is 27.8 Å². The Morgan fingerprint density at radius 1 is 1.35 bits per heavy atom. The summed E-state index contributed by atoms with van der Waals surface area (Å²) in [6.07, 6.45) is 6.55. The molecule has 92 valence electrons. The molecule has 0 radical (unpaired) electrons. The molecule has 0 atom stereocenters. The first-order valence-corrected chi connectivity index (χ1v) is 6.06. The lowest BCUT2D eigenvalue weighted by atomic mass is 10.0. The molecular weight excluding hydrogens is 218 g/mol. The molecule has 2 rings (SSSR count). The zero-order valence-electron chi connectivity index (χ0n) is 9.72. The summed E-state index contributed by atoms with van der Waals surface area (Å²) in [7, 11) is 0. The number of anilines is 1. The van der Waals surface area contributed by atoms with Crippen molar-refractivity contribution in [1.82, 2.24) is 10.2 Å². The van der Waals surface area contributed by atoms with E-state index in [-0.39, 0.29) is 5.69 Å². The number of carbonyl (C=O) groups is 1. The molecule has 0 unspecified atom stereocenters. The maximum Gasteiger partial charge on any atom is 0.356 e. The Morgan fingerprint density at radius 2 is 2.12 bits per heavy atom. The predicted octanol–water partition coefficient (Wildman–Crippen LogP) is 2.17. The molecule has 1 fully saturated rings. The van der Waals surface area contributed by atoms with Gasteiger partial charge in [-0.3, -0.25) is 0 Å². The van der Waals surface area contributed by atoms with Gasteiger partial charge in [-0.05, 0) is 24.5 Å². The first-order chi connectivity index (χ1) is 8.25. The molecule has 17 heavy (non-hydrogen) atoms. The van der Waals surface area contributed by atoms with Gasteiger partial charge in [0, 0.05) is 6.54 Å². The third-order valence-corrected chi connectivity index (χ3v) is 3.22. The molecule has 0 amide bonds. The van der Waals surface area contributed by atoms with Gasteiger partial charge in [0.15, 0.2) is 5.69 Å². The van der Waals surface area contributed by atoms with Crippen molar-refractivity contribution < 1.29 is 9.90 Å². The molecule has 5 nitrogen and oxygen atoms in total. The fourth-order valence-electron chi connectivity index (χ4n) is 2.24. The van der Waals surface area contributed by atoms with E-state index >= 15 is 0 Å². The van der Waals surface area contributed by atoms with Crippen molar-refractivity contribution in [1.29, 1.82) is 0 Å². The first-order valence-electron chi connectivity index (χ1n) is 6.06. The maximum absolute atomic E-state index is 10.6. The van der Waals surface area contributed by atoms with Crippen molar-refractivity contribution >= 4 is 11.8 Å². The highest BCUT2D eigenvalue weighted by Crippen LogP contribution is 2.27. The van der Waals surface area contributed by atoms with E-state index in [1.54, 1.807) is 6.07 Å². The summed E-state index contributed by atoms with van der Waals surface area (Å²) in [6.45, 7) is 0.881. The number of nitrogens with one attached hydrogen (secondary N) is 1. The van der Waals surface area contributed by atoms with Crippen LogP contribution in [-0.2, 0) is 0 Å². The standard InChI is InChI=1S/C12H17N3O2/c16-12(17)10-5-6-11(15-14-10)13-8-7-9-3-1-2-4-9/h5-6,9H,1-4,7-8H2,(H,13,15)(H,16,17). The van der Waals surface area contributed by atoms with Crippen molar-refractivity contribution in [3.8, 4) is 0 Å². The lowest BCUT2D eigenvalue weighted by Gasteiger charge is -2.09. The van der Waals surface area contributed by atoms with Gasteiger partial charge in [0.2, 0.25) is 0 Å². The van der Waals surface area contributed by atoms with Crippen molar-refractivity contribution in [3.05, 3.63) is 17.8 Å². The SMILES string of the molecule is O=C(O)c1ccc(NCCC2CCCC2)nn1. The second-order valence-electron chi connectivity index (χ2n) is 4.47. The summed E-state index contributed by atoms with van der Waals surface area (Å²) in [6, 6.07) is 3.12. The van der Waals surface area contributed by atoms with Crippen LogP contribution in [0.25, 0.3) is 0 Å². The largest absolute Gasteiger partial charge is 0.476 e. The molecule has 1 aromatic heterocycles. The van der Waals surface area contributed by atoms with Crippen LogP contribution in [0.1, 0.15) is 42.6 Å². The average Bonchev–Trinajstić information content (AvgIpc) is 2.83. The second-order valence-corrected chi connectivity index (χ2v) is 4.47. The number of aromatic carboxylic acids is 1. The predicted molar refractivity (Wildman–Crippen MR) is 64.1 cm³/mol. The zero-order valence-corrected chi connectivity index (χ0v) is 9.72. The Morgan fingerprint density at radius 3 is 2.71 bits per heavy atom. The summed E-state index contributed by atoms with van der Waals surface area (Å²) in [5.41, 5.74) is -0.0219. The van der Waals surface area contributed by atoms with E-state index in [0.29, 0.717) is 5.82 Å². The molecule has 0 aromatic carbocycles. The van der Waals surface area contributed by atoms with E-state index in [1.807, 2.05) is 0 Å². The summed E-state index contributed by atoms with van der Waals surface area (Å²) in [5, 5.41) is 19.3. The summed E-state index contributed by atoms with van der Waals surface area (Å²) < 4.78 is 0. The molecule has 0 bridgehead atoms. The van der Waals surface area contributed by atoms with Gasteiger partial charge in [0.05, 0.1) is 0 Å². The Bertz CT molecular complexity index is 372. The molecule has 5 heteroatoms. The van der Waals surface area contributed by atoms with Crippen LogP contribution in [0.3, 0.4) is 0 Å². The van der Waals surface area contributed by atoms with Crippen molar-refractivity contribution in [2.45, 2.75) is 32.1 Å². The van der Waals surface area contributed by atoms with E-state index in [4.69, 9.17) is 5.11 Å². The van der Waals surface area contributed by atoms with Gasteiger partial charge in [-0.1, -0.05) is 25.7 Å². The van der Waals surface area contributed by atoms with Crippen LogP contribution in [0.2, 0.25) is 0 Å². The van der Waals surface area contributed by atoms with Gasteiger partial charge in [-0.15, -0.1) is 10.2 Å². The second kappa shape index (κ2) is 5.61. The minimum atomic E-state index is -1.05. The van der Waals surface area contributed by atoms with Gasteiger partial charge in [0.25, 0.3) is 0 Å². The van der Waals surface area contributed by atoms with Gasteiger partial charge in [-0.2, -0.15) is 0 Å². The maximum atomic E-state index is 10.6. The van der Waals surface area contributed by atoms with E-state index in [9.17, 15) is 4.79 Å². The van der Waals surface area contributed by atoms with E-state index in [0.717, 1.165) is 18.9 Å². The van der Waals surface area contributed by atoms with E-state index < -0.39 is 5.97 Å². The van der Waals surface area contributed by atoms with Crippen LogP contribution in [0.4, 0.5) is 5.82 Å². The van der Waals surface area contributed by atoms with Gasteiger partial charge < -0.3 is 10.4 Å². The van der Waals surface area contributed by atoms with Crippen LogP contribution >= 0.6 is 0 Å². The lowest BCUT2D eigenvalue weighted by Crippen LogP contribution is -2.09. The third-order valence-electron chi connectivity index (χ3n) is 3.22. The fraction of sp³-hybridized carbons (Fsp3) is 0.583. The van der Waals surface area contributed by atoms with E-state index in [1.165, 1.54) is 31.7 Å². The zero-order chi connectivity index (χ0) is 12.1. The van der Waals surface area contributed by atoms with Crippen LogP contribution in [0, 0.1) is 5.92 Å². The highest BCUT2D eigenvalue weighted by Gasteiger charge is 2.14. The fourth-order valence-corrected chi connectivity index (χ4v) is 2.24. The number of hydrogen-bond donors (Lipinski definition) is 2. The van der Waals surface area contributed by atoms with Crippen LogP contribution in [0.5, 0.6) is 0 Å². The smallest absolute Gasteiger partial charge is 0.356 e. The topological polar surface area (TPSA) is 75.1 Å². The van der Waals surface area contributed by atoms with Gasteiger partial charge in [0.1, 0.15) is 5.82 Å². The van der Waals surface area contributed by atoms with Gasteiger partial charge >= 0.3 is 5.97 Å². The summed E-state index contributed by atoms with van der Waals surface area (Å²) in [4.78, 5) is 10.6. The molecule has 1 aliphatic carbocycles. The van der Waals surface area contributed by atoms with Crippen molar-refractivity contribution in [2.75, 3.05) is 11.9 Å². The average molecular weight is 235 g/mol. The molecule has 1 aliphatic rings. The minimum absolute atomic E-state index is 0.0219. The highest BCUT2D eigenvalue weighted by molar-refractivity contribution is 5.85. The van der Waals surface area contributed by atoms with Crippen LogP contribution in [0.15, 0.2) is 12.1 Å². The quantitative estimate of drug-likeness (QED) is 0.818. The van der Waals surface area contributed by atoms with Crippen molar-refractivity contribution in [2.24, 2.45) is 5.92 Å². The number of hydrogen-bond acceptors (Lipinski definition) is 4. The number of carboxylic acids is 1. The minimum Gasteiger partial charge on any atom is -0.476 e. The number of carboxylic acid groups (broad SMARTS) is 1. The molecule has 1 saturated carbocycles. The Balaban J connectivity index is 1.76. The number of nitrogens with zero attached hydrogens (tertiary/aromatic N) is 2. The molecule has 0 saturated heterocycles. The summed E-state index contributed by atoms with van der Waals surface area (Å²) in [5.74, 6) is 0.441. The van der Waals surface area contributed by atoms with Gasteiger partial charge in [-0.25, -0.2) is 4.79 Å². The molecule has 2 N–H and O–H groups in total. The monoisotopic (exact) mass is 235 g/mol. The number of aromatic nitrogens is 2. The van der Waals surface area contributed by atoms with E-state index in [2.05, 4.69) is 15.5 Å². The molecule has 0 spiro atoms. The third kappa shape index (κ3) is 3.41. The van der Waals surface area contributed by atoms with Crippen molar-refractivity contribution in [3.63, 3.8) is 0 Å². The highest BCUT2D eigenvalue weighted by atomic mass is 16.4. The lowest BCUT2D eigenvalue weighted by molar-refractivity contribution is 0.0689. The summed E-state index contributed by atoms with van der Waals surface area (Å²) >= 11 is 0. The Hall–Kier alpha value is -1.65. The van der Waals surface area contributed by atoms with Crippen LogP contribution < -0.4 is 5.32 Å². The molecule has 1 heterocycles. The normalized spacial score (nSPS) is 16.0.